The van der Waals surface area contributed by atoms with Crippen LogP contribution in [0.3, 0.4) is 0 Å². The zero-order valence-corrected chi connectivity index (χ0v) is 12.2. The molecule has 0 spiro atoms. The van der Waals surface area contributed by atoms with Gasteiger partial charge in [0.05, 0.1) is 12.0 Å². The molecule has 8 heteroatoms. The minimum absolute atomic E-state index is 0.199. The van der Waals surface area contributed by atoms with Crippen molar-refractivity contribution in [2.24, 2.45) is 0 Å². The number of carboxylic acids is 2. The summed E-state index contributed by atoms with van der Waals surface area (Å²) in [5.41, 5.74) is -0.544. The number of aromatic hydroxyl groups is 2. The monoisotopic (exact) mass is 331 g/mol. The van der Waals surface area contributed by atoms with Gasteiger partial charge >= 0.3 is 11.9 Å². The van der Waals surface area contributed by atoms with E-state index in [9.17, 15) is 24.6 Å². The second-order valence-electron chi connectivity index (χ2n) is 4.88. The maximum absolute atomic E-state index is 12.3. The van der Waals surface area contributed by atoms with E-state index in [2.05, 4.69) is 5.32 Å². The number of aromatic carboxylic acids is 1. The van der Waals surface area contributed by atoms with Crippen LogP contribution in [0, 0.1) is 0 Å². The molecule has 124 valence electrons. The van der Waals surface area contributed by atoms with E-state index in [1.807, 2.05) is 0 Å². The van der Waals surface area contributed by atoms with Crippen LogP contribution in [0.25, 0.3) is 0 Å². The van der Waals surface area contributed by atoms with Gasteiger partial charge in [-0.1, -0.05) is 18.2 Å². The van der Waals surface area contributed by atoms with Gasteiger partial charge in [-0.2, -0.15) is 0 Å². The number of anilines is 1. The summed E-state index contributed by atoms with van der Waals surface area (Å²) < 4.78 is 0. The molecule has 24 heavy (non-hydrogen) atoms. The van der Waals surface area contributed by atoms with Crippen LogP contribution in [0.4, 0.5) is 5.69 Å². The minimum Gasteiger partial charge on any atom is -0.508 e. The first kappa shape index (κ1) is 16.8. The molecule has 0 bridgehead atoms. The zero-order chi connectivity index (χ0) is 17.9. The average Bonchev–Trinajstić information content (AvgIpc) is 2.50. The van der Waals surface area contributed by atoms with E-state index >= 15 is 0 Å². The second kappa shape index (κ2) is 6.69. The number of aliphatic carboxylic acids is 1. The van der Waals surface area contributed by atoms with Crippen LogP contribution in [-0.4, -0.2) is 38.3 Å². The number of rotatable bonds is 5. The SMILES string of the molecule is O=C(O)Cc1ccccc1NC(=O)c1cc(O)cc(C(=O)O)c1O. The van der Waals surface area contributed by atoms with Crippen molar-refractivity contribution in [1.29, 1.82) is 0 Å². The summed E-state index contributed by atoms with van der Waals surface area (Å²) in [6.45, 7) is 0. The zero-order valence-electron chi connectivity index (χ0n) is 12.2. The molecule has 0 aliphatic carbocycles. The number of para-hydroxylation sites is 1. The van der Waals surface area contributed by atoms with Crippen LogP contribution >= 0.6 is 0 Å². The van der Waals surface area contributed by atoms with E-state index in [1.165, 1.54) is 12.1 Å². The molecular formula is C16H13NO7. The lowest BCUT2D eigenvalue weighted by Gasteiger charge is -2.12. The smallest absolute Gasteiger partial charge is 0.339 e. The maximum Gasteiger partial charge on any atom is 0.339 e. The number of benzene rings is 2. The molecule has 5 N–H and O–H groups in total. The van der Waals surface area contributed by atoms with Gasteiger partial charge in [-0.05, 0) is 23.8 Å². The lowest BCUT2D eigenvalue weighted by molar-refractivity contribution is -0.136. The number of carboxylic acid groups (broad SMARTS) is 2. The van der Waals surface area contributed by atoms with Gasteiger partial charge in [-0.3, -0.25) is 9.59 Å². The predicted molar refractivity (Wildman–Crippen MR) is 82.5 cm³/mol. The van der Waals surface area contributed by atoms with Gasteiger partial charge in [-0.25, -0.2) is 4.79 Å². The van der Waals surface area contributed by atoms with E-state index < -0.39 is 40.5 Å². The highest BCUT2D eigenvalue weighted by molar-refractivity contribution is 6.09. The van der Waals surface area contributed by atoms with Crippen molar-refractivity contribution < 1.29 is 34.8 Å². The van der Waals surface area contributed by atoms with Crippen molar-refractivity contribution in [3.8, 4) is 11.5 Å². The van der Waals surface area contributed by atoms with Crippen molar-refractivity contribution >= 4 is 23.5 Å². The van der Waals surface area contributed by atoms with Crippen molar-refractivity contribution in [3.63, 3.8) is 0 Å². The maximum atomic E-state index is 12.3. The molecule has 2 aromatic carbocycles. The Hall–Kier alpha value is -3.55. The van der Waals surface area contributed by atoms with Crippen molar-refractivity contribution in [3.05, 3.63) is 53.1 Å². The molecule has 1 amide bonds. The number of carbonyl (C=O) groups excluding carboxylic acids is 1. The Morgan fingerprint density at radius 3 is 2.21 bits per heavy atom. The van der Waals surface area contributed by atoms with E-state index in [0.29, 0.717) is 5.56 Å². The highest BCUT2D eigenvalue weighted by atomic mass is 16.4. The molecule has 0 aliphatic rings. The number of hydrogen-bond acceptors (Lipinski definition) is 5. The van der Waals surface area contributed by atoms with Gasteiger partial charge < -0.3 is 25.7 Å². The van der Waals surface area contributed by atoms with Crippen LogP contribution in [0.2, 0.25) is 0 Å². The summed E-state index contributed by atoms with van der Waals surface area (Å²) in [5, 5.41) is 39.7. The summed E-state index contributed by atoms with van der Waals surface area (Å²) >= 11 is 0. The third kappa shape index (κ3) is 3.61. The van der Waals surface area contributed by atoms with E-state index in [0.717, 1.165) is 12.1 Å². The standard InChI is InChI=1S/C16H13NO7/c18-9-6-10(14(21)11(7-9)16(23)24)15(22)17-12-4-2-1-3-8(12)5-13(19)20/h1-4,6-7,18,21H,5H2,(H,17,22)(H,19,20)(H,23,24). The average molecular weight is 331 g/mol. The van der Waals surface area contributed by atoms with Gasteiger partial charge in [0.1, 0.15) is 17.1 Å². The number of phenolic OH excluding ortho intramolecular Hbond substituents is 1. The first-order chi connectivity index (χ1) is 11.3. The normalized spacial score (nSPS) is 10.2. The molecule has 2 rings (SSSR count). The minimum atomic E-state index is -1.51. The molecule has 0 fully saturated rings. The van der Waals surface area contributed by atoms with E-state index in [1.54, 1.807) is 12.1 Å². The van der Waals surface area contributed by atoms with Crippen LogP contribution in [0.15, 0.2) is 36.4 Å². The Bertz CT molecular complexity index is 829. The quantitative estimate of drug-likeness (QED) is 0.524. The third-order valence-corrected chi connectivity index (χ3v) is 3.18. The topological polar surface area (TPSA) is 144 Å². The summed E-state index contributed by atoms with van der Waals surface area (Å²) in [6, 6.07) is 7.88. The van der Waals surface area contributed by atoms with Gasteiger partial charge in [0.2, 0.25) is 0 Å². The molecule has 0 heterocycles. The second-order valence-corrected chi connectivity index (χ2v) is 4.88. The lowest BCUT2D eigenvalue weighted by Crippen LogP contribution is -2.15. The lowest BCUT2D eigenvalue weighted by atomic mass is 10.1. The van der Waals surface area contributed by atoms with E-state index in [4.69, 9.17) is 10.2 Å². The van der Waals surface area contributed by atoms with Crippen molar-refractivity contribution in [1.82, 2.24) is 0 Å². The molecule has 0 saturated heterocycles. The third-order valence-electron chi connectivity index (χ3n) is 3.18. The fourth-order valence-corrected chi connectivity index (χ4v) is 2.10. The Morgan fingerprint density at radius 1 is 0.958 bits per heavy atom. The first-order valence-electron chi connectivity index (χ1n) is 6.70. The Kier molecular flexibility index (Phi) is 4.69. The van der Waals surface area contributed by atoms with Crippen LogP contribution in [0.1, 0.15) is 26.3 Å². The van der Waals surface area contributed by atoms with Gasteiger partial charge in [0, 0.05) is 5.69 Å². The predicted octanol–water partition coefficient (Wildman–Crippen LogP) is 1.68. The van der Waals surface area contributed by atoms with Crippen molar-refractivity contribution in [2.45, 2.75) is 6.42 Å². The molecule has 0 saturated carbocycles. The number of carbonyl (C=O) groups is 3. The summed E-state index contributed by atoms with van der Waals surface area (Å²) in [7, 11) is 0. The molecule has 2 aromatic rings. The highest BCUT2D eigenvalue weighted by Crippen LogP contribution is 2.29. The Balaban J connectivity index is 2.38. The van der Waals surface area contributed by atoms with Crippen LogP contribution in [-0.2, 0) is 11.2 Å². The molecule has 0 atom stereocenters. The van der Waals surface area contributed by atoms with Crippen LogP contribution in [0.5, 0.6) is 11.5 Å². The largest absolute Gasteiger partial charge is 0.508 e. The highest BCUT2D eigenvalue weighted by Gasteiger charge is 2.21. The molecule has 0 aromatic heterocycles. The van der Waals surface area contributed by atoms with E-state index in [-0.39, 0.29) is 12.1 Å². The molecule has 0 aliphatic heterocycles. The molecule has 8 nitrogen and oxygen atoms in total. The fraction of sp³-hybridized carbons (Fsp3) is 0.0625. The first-order valence-corrected chi connectivity index (χ1v) is 6.70. The molecule has 0 radical (unpaired) electrons. The Labute approximate surface area is 135 Å². The number of nitrogens with one attached hydrogen (secondary N) is 1. The van der Waals surface area contributed by atoms with Gasteiger partial charge in [-0.15, -0.1) is 0 Å². The number of hydrogen-bond donors (Lipinski definition) is 5. The number of phenols is 2. The summed E-state index contributed by atoms with van der Waals surface area (Å²) in [6.07, 6.45) is -0.331. The van der Waals surface area contributed by atoms with Crippen LogP contribution < -0.4 is 5.32 Å². The Morgan fingerprint density at radius 2 is 1.58 bits per heavy atom. The molecular weight excluding hydrogens is 318 g/mol. The summed E-state index contributed by atoms with van der Waals surface area (Å²) in [5.74, 6) is -4.79. The van der Waals surface area contributed by atoms with Gasteiger partial charge in [0.15, 0.2) is 0 Å². The molecule has 0 unspecified atom stereocenters. The fourth-order valence-electron chi connectivity index (χ4n) is 2.10. The summed E-state index contributed by atoms with van der Waals surface area (Å²) in [4.78, 5) is 34.1. The number of amides is 1. The van der Waals surface area contributed by atoms with Crippen molar-refractivity contribution in [2.75, 3.05) is 5.32 Å². The van der Waals surface area contributed by atoms with Gasteiger partial charge in [0.25, 0.3) is 5.91 Å².